The number of H-pyrrole nitrogens is 1. The minimum atomic E-state index is -0.104. The second-order valence-corrected chi connectivity index (χ2v) is 5.43. The minimum Gasteiger partial charge on any atom is -0.329 e. The molecule has 0 radical (unpaired) electrons. The van der Waals surface area contributed by atoms with Gasteiger partial charge in [-0.05, 0) is 42.5 Å². The van der Waals surface area contributed by atoms with Gasteiger partial charge in [0.25, 0.3) is 5.56 Å². The van der Waals surface area contributed by atoms with E-state index in [2.05, 4.69) is 10.3 Å². The van der Waals surface area contributed by atoms with E-state index in [-0.39, 0.29) is 17.4 Å². The summed E-state index contributed by atoms with van der Waals surface area (Å²) in [5, 5.41) is 4.46. The van der Waals surface area contributed by atoms with E-state index in [9.17, 15) is 9.59 Å². The average Bonchev–Trinajstić information content (AvgIpc) is 2.48. The molecule has 4 nitrogen and oxygen atoms in total. The number of pyridine rings is 1. The molecule has 2 N–H and O–H groups in total. The highest BCUT2D eigenvalue weighted by molar-refractivity contribution is 5.95. The predicted octanol–water partition coefficient (Wildman–Crippen LogP) is 3.05. The van der Waals surface area contributed by atoms with Crippen molar-refractivity contribution in [3.05, 3.63) is 40.8 Å². The molecule has 0 spiro atoms. The van der Waals surface area contributed by atoms with Gasteiger partial charge in [-0.25, -0.2) is 0 Å². The quantitative estimate of drug-likeness (QED) is 0.881. The molecule has 1 aromatic carbocycles. The van der Waals surface area contributed by atoms with Crippen LogP contribution in [0.15, 0.2) is 35.3 Å². The Balaban J connectivity index is 1.80. The first-order valence-corrected chi connectivity index (χ1v) is 7.16. The van der Waals surface area contributed by atoms with Gasteiger partial charge in [0.05, 0.1) is 0 Å². The first-order valence-electron chi connectivity index (χ1n) is 7.16. The number of hydrogen-bond donors (Lipinski definition) is 2. The van der Waals surface area contributed by atoms with Gasteiger partial charge in [-0.2, -0.15) is 0 Å². The van der Waals surface area contributed by atoms with Gasteiger partial charge in [0, 0.05) is 23.2 Å². The summed E-state index contributed by atoms with van der Waals surface area (Å²) in [6, 6.07) is 7.24. The van der Waals surface area contributed by atoms with Crippen molar-refractivity contribution in [3.8, 4) is 0 Å². The topological polar surface area (TPSA) is 62.0 Å². The molecule has 1 fully saturated rings. The van der Waals surface area contributed by atoms with Gasteiger partial charge < -0.3 is 10.3 Å². The Bertz CT molecular complexity index is 684. The zero-order valence-corrected chi connectivity index (χ0v) is 11.3. The number of fused-ring (bicyclic) bond motifs is 1. The second-order valence-electron chi connectivity index (χ2n) is 5.43. The second kappa shape index (κ2) is 5.49. The van der Waals surface area contributed by atoms with Gasteiger partial charge in [0.2, 0.25) is 5.91 Å². The van der Waals surface area contributed by atoms with Crippen molar-refractivity contribution in [1.29, 1.82) is 0 Å². The Morgan fingerprint density at radius 2 is 1.95 bits per heavy atom. The van der Waals surface area contributed by atoms with E-state index in [0.29, 0.717) is 5.39 Å². The zero-order valence-electron chi connectivity index (χ0n) is 11.3. The molecule has 20 heavy (non-hydrogen) atoms. The number of anilines is 1. The van der Waals surface area contributed by atoms with Crippen molar-refractivity contribution < 1.29 is 4.79 Å². The molecule has 2 aromatic rings. The highest BCUT2D eigenvalue weighted by Crippen LogP contribution is 2.25. The van der Waals surface area contributed by atoms with Crippen molar-refractivity contribution in [2.75, 3.05) is 5.32 Å². The molecule has 104 valence electrons. The lowest BCUT2D eigenvalue weighted by molar-refractivity contribution is -0.120. The molecule has 0 aliphatic heterocycles. The fraction of sp³-hybridized carbons (Fsp3) is 0.375. The molecule has 0 saturated heterocycles. The molecule has 0 atom stereocenters. The first kappa shape index (κ1) is 12.9. The number of benzene rings is 1. The number of hydrogen-bond acceptors (Lipinski definition) is 2. The van der Waals surface area contributed by atoms with Crippen molar-refractivity contribution in [2.45, 2.75) is 32.1 Å². The van der Waals surface area contributed by atoms with E-state index in [1.165, 1.54) is 6.42 Å². The van der Waals surface area contributed by atoms with Crippen LogP contribution in [-0.2, 0) is 4.79 Å². The van der Waals surface area contributed by atoms with Crippen LogP contribution in [0, 0.1) is 5.92 Å². The Hall–Kier alpha value is -2.10. The van der Waals surface area contributed by atoms with E-state index in [1.54, 1.807) is 18.3 Å². The summed E-state index contributed by atoms with van der Waals surface area (Å²) in [5.74, 6) is 0.243. The van der Waals surface area contributed by atoms with Crippen LogP contribution in [0.4, 0.5) is 5.69 Å². The van der Waals surface area contributed by atoms with Gasteiger partial charge >= 0.3 is 0 Å². The third kappa shape index (κ3) is 2.59. The maximum Gasteiger partial charge on any atom is 0.255 e. The lowest BCUT2D eigenvalue weighted by Crippen LogP contribution is -2.24. The summed E-state index contributed by atoms with van der Waals surface area (Å²) >= 11 is 0. The van der Waals surface area contributed by atoms with E-state index in [1.807, 2.05) is 12.1 Å². The van der Waals surface area contributed by atoms with Crippen molar-refractivity contribution >= 4 is 22.4 Å². The smallest absolute Gasteiger partial charge is 0.255 e. The summed E-state index contributed by atoms with van der Waals surface area (Å²) in [4.78, 5) is 26.5. The average molecular weight is 270 g/mol. The summed E-state index contributed by atoms with van der Waals surface area (Å²) in [7, 11) is 0. The Morgan fingerprint density at radius 1 is 1.15 bits per heavy atom. The normalized spacial score (nSPS) is 16.2. The van der Waals surface area contributed by atoms with Gasteiger partial charge in [0.15, 0.2) is 0 Å². The molecule has 0 unspecified atom stereocenters. The van der Waals surface area contributed by atoms with Crippen LogP contribution in [-0.4, -0.2) is 10.9 Å². The molecule has 1 aliphatic rings. The number of carbonyl (C=O) groups excluding carboxylic acids is 1. The summed E-state index contributed by atoms with van der Waals surface area (Å²) < 4.78 is 0. The van der Waals surface area contributed by atoms with Gasteiger partial charge in [-0.1, -0.05) is 19.3 Å². The minimum absolute atomic E-state index is 0.104. The van der Waals surface area contributed by atoms with Crippen LogP contribution in [0.2, 0.25) is 0 Å². The zero-order chi connectivity index (χ0) is 13.9. The maximum atomic E-state index is 12.2. The van der Waals surface area contributed by atoms with Crippen molar-refractivity contribution in [2.24, 2.45) is 5.92 Å². The number of aromatic nitrogens is 1. The van der Waals surface area contributed by atoms with E-state index >= 15 is 0 Å². The number of nitrogens with one attached hydrogen (secondary N) is 2. The van der Waals surface area contributed by atoms with Crippen LogP contribution in [0.3, 0.4) is 0 Å². The fourth-order valence-electron chi connectivity index (χ4n) is 2.88. The van der Waals surface area contributed by atoms with Gasteiger partial charge in [-0.3, -0.25) is 9.59 Å². The molecular weight excluding hydrogens is 252 g/mol. The molecule has 4 heteroatoms. The Morgan fingerprint density at radius 3 is 2.75 bits per heavy atom. The van der Waals surface area contributed by atoms with Crippen molar-refractivity contribution in [1.82, 2.24) is 4.98 Å². The third-order valence-corrected chi connectivity index (χ3v) is 4.02. The van der Waals surface area contributed by atoms with Crippen LogP contribution >= 0.6 is 0 Å². The van der Waals surface area contributed by atoms with Crippen LogP contribution in [0.25, 0.3) is 10.8 Å². The van der Waals surface area contributed by atoms with Crippen molar-refractivity contribution in [3.63, 3.8) is 0 Å². The lowest BCUT2D eigenvalue weighted by atomic mass is 9.88. The number of aromatic amines is 1. The predicted molar refractivity (Wildman–Crippen MR) is 79.8 cm³/mol. The van der Waals surface area contributed by atoms with E-state index in [0.717, 1.165) is 36.8 Å². The molecule has 1 heterocycles. The molecule has 0 bridgehead atoms. The monoisotopic (exact) mass is 270 g/mol. The summed E-state index contributed by atoms with van der Waals surface area (Å²) in [6.07, 6.45) is 7.12. The van der Waals surface area contributed by atoms with Crippen LogP contribution in [0.1, 0.15) is 32.1 Å². The largest absolute Gasteiger partial charge is 0.329 e. The van der Waals surface area contributed by atoms with E-state index < -0.39 is 0 Å². The third-order valence-electron chi connectivity index (χ3n) is 4.02. The molecule has 1 aliphatic carbocycles. The van der Waals surface area contributed by atoms with E-state index in [4.69, 9.17) is 0 Å². The summed E-state index contributed by atoms with van der Waals surface area (Å²) in [5.41, 5.74) is 0.659. The van der Waals surface area contributed by atoms with Gasteiger partial charge in [-0.15, -0.1) is 0 Å². The number of rotatable bonds is 2. The highest BCUT2D eigenvalue weighted by atomic mass is 16.2. The maximum absolute atomic E-state index is 12.2. The van der Waals surface area contributed by atoms with Crippen LogP contribution in [0.5, 0.6) is 0 Å². The number of amides is 1. The highest BCUT2D eigenvalue weighted by Gasteiger charge is 2.21. The molecular formula is C16H18N2O2. The molecule has 1 saturated carbocycles. The lowest BCUT2D eigenvalue weighted by Gasteiger charge is -2.20. The molecule has 1 amide bonds. The van der Waals surface area contributed by atoms with Gasteiger partial charge in [0.1, 0.15) is 0 Å². The molecule has 3 rings (SSSR count). The Kier molecular flexibility index (Phi) is 3.54. The molecule has 1 aromatic heterocycles. The first-order chi connectivity index (χ1) is 9.74. The summed E-state index contributed by atoms with van der Waals surface area (Å²) in [6.45, 7) is 0. The van der Waals surface area contributed by atoms with Crippen LogP contribution < -0.4 is 10.9 Å². The Labute approximate surface area is 117 Å². The fourth-order valence-corrected chi connectivity index (χ4v) is 2.88. The SMILES string of the molecule is O=C(Nc1ccc2c(=O)[nH]ccc2c1)C1CCCCC1. The standard InChI is InChI=1S/C16H18N2O2/c19-15(11-4-2-1-3-5-11)18-13-6-7-14-12(10-13)8-9-17-16(14)20/h6-11H,1-5H2,(H,17,20)(H,18,19). The number of carbonyl (C=O) groups is 1.